The number of hydrogen-bond acceptors (Lipinski definition) is 9. The molecule has 0 unspecified atom stereocenters. The van der Waals surface area contributed by atoms with Gasteiger partial charge in [-0.3, -0.25) is 4.98 Å². The normalized spacial score (nSPS) is 10.1. The summed E-state index contributed by atoms with van der Waals surface area (Å²) in [6.07, 6.45) is 7.15. The Morgan fingerprint density at radius 2 is 0.725 bits per heavy atom. The van der Waals surface area contributed by atoms with Crippen LogP contribution >= 0.6 is 0 Å². The molecule has 0 saturated carbocycles. The smallest absolute Gasteiger partial charge is 0.485 e. The Morgan fingerprint density at radius 3 is 1.00 bits per heavy atom. The number of pyridine rings is 4. The van der Waals surface area contributed by atoms with Gasteiger partial charge in [0.2, 0.25) is 0 Å². The quantitative estimate of drug-likeness (QED) is 0.0942. The maximum absolute atomic E-state index is 10.7. The monoisotopic (exact) mass is 1450 g/mol. The van der Waals surface area contributed by atoms with Crippen molar-refractivity contribution in [3.63, 3.8) is 0 Å². The minimum absolute atomic E-state index is 0. The second kappa shape index (κ2) is 36.9. The summed E-state index contributed by atoms with van der Waals surface area (Å²) in [6, 6.07) is 80.1. The molecule has 0 atom stereocenters. The van der Waals surface area contributed by atoms with Gasteiger partial charge in [0.1, 0.15) is 0 Å². The van der Waals surface area contributed by atoms with Gasteiger partial charge in [-0.05, 0) is 99.1 Å². The number of alkyl halides is 3. The van der Waals surface area contributed by atoms with Crippen molar-refractivity contribution in [3.8, 4) is 67.3 Å². The van der Waals surface area contributed by atoms with E-state index < -0.39 is 15.6 Å². The van der Waals surface area contributed by atoms with Crippen molar-refractivity contribution in [3.05, 3.63) is 266 Å². The predicted octanol–water partition coefficient (Wildman–Crippen LogP) is 15.2. The number of benzene rings is 6. The molecule has 2 N–H and O–H groups in total. The van der Waals surface area contributed by atoms with E-state index in [4.69, 9.17) is 23.2 Å². The van der Waals surface area contributed by atoms with Crippen LogP contribution in [0.5, 0.6) is 0 Å². The van der Waals surface area contributed by atoms with Crippen LogP contribution in [0.2, 0.25) is 0 Å². The second-order valence-electron chi connectivity index (χ2n) is 17.2. The minimum Gasteiger partial charge on any atom is -0.741 e. The van der Waals surface area contributed by atoms with Crippen LogP contribution in [0.4, 0.5) is 13.2 Å². The fourth-order valence-corrected chi connectivity index (χ4v) is 6.57. The van der Waals surface area contributed by atoms with Crippen molar-refractivity contribution in [1.82, 2.24) is 19.9 Å². The van der Waals surface area contributed by atoms with Gasteiger partial charge >= 0.3 is 5.51 Å². The third-order valence-electron chi connectivity index (χ3n) is 10.0. The SMILES string of the molecule is CC(C)O.CC(C)O.Cc1cc(-c2[c-]cccc2)ncc1-c1ccccc1.Cc1cc(-c2[c-]cccc2)ncc1-c1ccccc1.O=S(=O)([O-])C(F)(F)F.[Ir].[Ir].[c-]1ccccc1-c1ccccn1.c1ccc(-c2ccccn2)cc1. The van der Waals surface area contributed by atoms with E-state index in [1.54, 1.807) is 33.9 Å². The maximum Gasteiger partial charge on any atom is 0.485 e. The van der Waals surface area contributed by atoms with Crippen LogP contribution in [-0.2, 0) is 50.3 Å². The topological polar surface area (TPSA) is 149 Å². The zero-order valence-electron chi connectivity index (χ0n) is 44.8. The standard InChI is InChI=1S/2C18H14N.C11H9N.C11H8N.2C3H8O.CHF3O3S.2Ir/c2*1-14-12-18(16-10-6-3-7-11-16)19-13-17(14)15-8-4-2-5-9-15;2*1-2-6-10(7-3-1)11-8-4-5-9-12-11;2*1-3(2)4;2-1(3,4)8(5,6)7;;/h2*2-10,12-13H,1H3;1-9H;1-6,8-9H;2*3-4H,1-2H3;(H,5,6,7);;/q2*-1;;-1;;;;;/p-1. The van der Waals surface area contributed by atoms with E-state index in [9.17, 15) is 13.2 Å². The molecule has 0 aliphatic rings. The molecule has 0 fully saturated rings. The number of aliphatic hydroxyl groups is 2. The third kappa shape index (κ3) is 25.7. The van der Waals surface area contributed by atoms with E-state index in [1.165, 1.54) is 33.4 Å². The molecule has 0 spiro atoms. The molecular weight excluding hydrogens is 1390 g/mol. The van der Waals surface area contributed by atoms with Gasteiger partial charge in [0, 0.05) is 93.9 Å². The molecule has 15 heteroatoms. The molecule has 420 valence electrons. The van der Waals surface area contributed by atoms with E-state index in [1.807, 2.05) is 182 Å². The Bertz CT molecular complexity index is 3040. The Labute approximate surface area is 496 Å². The van der Waals surface area contributed by atoms with Crippen LogP contribution in [0.1, 0.15) is 38.8 Å². The summed E-state index contributed by atoms with van der Waals surface area (Å²) in [5.41, 5.74) is 9.79. The first-order valence-corrected chi connectivity index (χ1v) is 26.0. The van der Waals surface area contributed by atoms with Crippen molar-refractivity contribution in [2.45, 2.75) is 59.3 Å². The zero-order chi connectivity index (χ0) is 56.8. The summed E-state index contributed by atoms with van der Waals surface area (Å²) < 4.78 is 58.9. The first-order chi connectivity index (χ1) is 37.3. The van der Waals surface area contributed by atoms with Crippen LogP contribution in [0.25, 0.3) is 67.3 Å². The summed E-state index contributed by atoms with van der Waals surface area (Å²) in [5, 5.41) is 16.1. The fourth-order valence-electron chi connectivity index (χ4n) is 6.57. The van der Waals surface area contributed by atoms with Crippen molar-refractivity contribution in [2.24, 2.45) is 0 Å². The van der Waals surface area contributed by atoms with Gasteiger partial charge in [0.25, 0.3) is 0 Å². The Kier molecular flexibility index (Phi) is 31.8. The average molecular weight is 1450 g/mol. The molecule has 4 heterocycles. The molecule has 4 aromatic heterocycles. The summed E-state index contributed by atoms with van der Waals surface area (Å²) in [6.45, 7) is 11.1. The van der Waals surface area contributed by atoms with Gasteiger partial charge in [-0.25, -0.2) is 8.42 Å². The minimum atomic E-state index is -6.09. The summed E-state index contributed by atoms with van der Waals surface area (Å²) in [4.78, 5) is 17.6. The molecule has 0 aliphatic heterocycles. The maximum atomic E-state index is 10.7. The van der Waals surface area contributed by atoms with Crippen LogP contribution in [0.3, 0.4) is 0 Å². The van der Waals surface area contributed by atoms with Crippen LogP contribution < -0.4 is 0 Å². The third-order valence-corrected chi connectivity index (χ3v) is 10.6. The predicted molar refractivity (Wildman–Crippen MR) is 306 cm³/mol. The molecule has 9 nitrogen and oxygen atoms in total. The number of aryl methyl sites for hydroxylation is 2. The molecule has 10 rings (SSSR count). The number of aromatic nitrogens is 4. The number of halogens is 3. The number of rotatable bonds is 6. The molecule has 2 radical (unpaired) electrons. The fraction of sp³-hybridized carbons (Fsp3) is 0.138. The number of nitrogens with zero attached hydrogens (tertiary/aromatic N) is 4. The summed E-state index contributed by atoms with van der Waals surface area (Å²) in [7, 11) is -6.09. The molecular formula is C65H61F3Ir2N4O5S-4. The molecule has 0 amide bonds. The van der Waals surface area contributed by atoms with E-state index in [0.29, 0.717) is 0 Å². The van der Waals surface area contributed by atoms with Crippen LogP contribution in [0, 0.1) is 32.0 Å². The van der Waals surface area contributed by atoms with Crippen molar-refractivity contribution >= 4 is 10.1 Å². The van der Waals surface area contributed by atoms with E-state index in [0.717, 1.165) is 45.0 Å². The molecule has 80 heavy (non-hydrogen) atoms. The number of hydrogen-bond donors (Lipinski definition) is 2. The molecule has 10 aromatic rings. The van der Waals surface area contributed by atoms with E-state index in [-0.39, 0.29) is 52.4 Å². The van der Waals surface area contributed by atoms with Crippen molar-refractivity contribution < 1.29 is 76.6 Å². The van der Waals surface area contributed by atoms with E-state index >= 15 is 0 Å². The summed E-state index contributed by atoms with van der Waals surface area (Å²) in [5.74, 6) is 0. The Morgan fingerprint density at radius 1 is 0.438 bits per heavy atom. The Balaban J connectivity index is 0.000000337. The van der Waals surface area contributed by atoms with Crippen molar-refractivity contribution in [2.75, 3.05) is 0 Å². The average Bonchev–Trinajstić information content (AvgIpc) is 3.45. The van der Waals surface area contributed by atoms with Gasteiger partial charge in [-0.1, -0.05) is 121 Å². The molecule has 0 aliphatic carbocycles. The van der Waals surface area contributed by atoms with Crippen LogP contribution in [-0.4, -0.2) is 60.8 Å². The molecule has 0 saturated heterocycles. The number of aliphatic hydroxyl groups excluding tert-OH is 2. The Hall–Kier alpha value is -7.16. The molecule has 0 bridgehead atoms. The summed E-state index contributed by atoms with van der Waals surface area (Å²) >= 11 is 0. The van der Waals surface area contributed by atoms with E-state index in [2.05, 4.69) is 101 Å². The van der Waals surface area contributed by atoms with Gasteiger partial charge < -0.3 is 29.7 Å². The van der Waals surface area contributed by atoms with Gasteiger partial charge in [-0.15, -0.1) is 108 Å². The first-order valence-electron chi connectivity index (χ1n) is 24.5. The van der Waals surface area contributed by atoms with Gasteiger partial charge in [0.15, 0.2) is 10.1 Å². The first kappa shape index (κ1) is 68.9. The van der Waals surface area contributed by atoms with Crippen LogP contribution in [0.15, 0.2) is 237 Å². The molecule has 6 aromatic carbocycles. The van der Waals surface area contributed by atoms with Gasteiger partial charge in [-0.2, -0.15) is 13.2 Å². The second-order valence-corrected chi connectivity index (χ2v) is 18.6. The zero-order valence-corrected chi connectivity index (χ0v) is 50.4. The largest absolute Gasteiger partial charge is 0.741 e. The van der Waals surface area contributed by atoms with Gasteiger partial charge in [0.05, 0.1) is 5.69 Å². The van der Waals surface area contributed by atoms with Crippen molar-refractivity contribution in [1.29, 1.82) is 0 Å².